The Morgan fingerprint density at radius 2 is 1.82 bits per heavy atom. The van der Waals surface area contributed by atoms with E-state index in [1.807, 2.05) is 0 Å². The number of nitrogens with one attached hydrogen (secondary N) is 1. The molecule has 0 aromatic heterocycles. The number of amides is 2. The first-order valence-corrected chi connectivity index (χ1v) is 13.8. The van der Waals surface area contributed by atoms with Crippen LogP contribution in [0, 0.1) is 17.7 Å². The summed E-state index contributed by atoms with van der Waals surface area (Å²) in [5.74, 6) is 3.11. The molecular formula is C29H35ClFN5O4. The topological polar surface area (TPSA) is 119 Å². The highest BCUT2D eigenvalue weighted by Gasteiger charge is 2.44. The van der Waals surface area contributed by atoms with Gasteiger partial charge in [-0.25, -0.2) is 9.18 Å². The first kappa shape index (κ1) is 29.5. The fraction of sp³-hybridized carbons (Fsp3) is 0.414. The second kappa shape index (κ2) is 12.8. The second-order valence-electron chi connectivity index (χ2n) is 10.4. The standard InChI is InChI=1S/C29H35ClFN5O4/c1-34(35(2)32)25-12-9-20(30)16-19(25)8-13-26(37)36-15-14-22(18-6-4-3-5-7-18)27(36)28(38)33-21-10-11-23(29(39)40)24(31)17-21/h8-13,16-18,22,27H,3-7,14-15,32H2,1-2H3,(H,33,38)(H,39,40)/b13-8+/t22?,27-/m0/s1. The summed E-state index contributed by atoms with van der Waals surface area (Å²) in [7, 11) is 3.47. The van der Waals surface area contributed by atoms with Crippen LogP contribution in [-0.2, 0) is 9.59 Å². The molecule has 40 heavy (non-hydrogen) atoms. The van der Waals surface area contributed by atoms with Crippen LogP contribution in [-0.4, -0.2) is 59.6 Å². The molecule has 2 aromatic rings. The highest BCUT2D eigenvalue weighted by Crippen LogP contribution is 2.39. The summed E-state index contributed by atoms with van der Waals surface area (Å²) in [6.07, 6.45) is 9.12. The molecule has 2 aromatic carbocycles. The third kappa shape index (κ3) is 6.63. The maximum absolute atomic E-state index is 14.3. The molecule has 1 heterocycles. The molecule has 1 aliphatic heterocycles. The summed E-state index contributed by atoms with van der Waals surface area (Å²) in [5, 5.41) is 15.5. The van der Waals surface area contributed by atoms with Crippen LogP contribution in [0.4, 0.5) is 15.8 Å². The summed E-state index contributed by atoms with van der Waals surface area (Å²) in [5.41, 5.74) is 1.08. The predicted molar refractivity (Wildman–Crippen MR) is 153 cm³/mol. The molecule has 1 unspecified atom stereocenters. The van der Waals surface area contributed by atoms with Crippen LogP contribution in [0.5, 0.6) is 0 Å². The molecule has 4 N–H and O–H groups in total. The highest BCUT2D eigenvalue weighted by molar-refractivity contribution is 6.30. The lowest BCUT2D eigenvalue weighted by Gasteiger charge is -2.33. The molecule has 2 aliphatic rings. The monoisotopic (exact) mass is 571 g/mol. The van der Waals surface area contributed by atoms with Crippen molar-refractivity contribution in [3.63, 3.8) is 0 Å². The van der Waals surface area contributed by atoms with Gasteiger partial charge in [0.15, 0.2) is 0 Å². The fourth-order valence-electron chi connectivity index (χ4n) is 5.82. The van der Waals surface area contributed by atoms with Gasteiger partial charge in [-0.1, -0.05) is 43.7 Å². The summed E-state index contributed by atoms with van der Waals surface area (Å²) < 4.78 is 14.3. The maximum Gasteiger partial charge on any atom is 0.338 e. The number of carboxylic acids is 1. The summed E-state index contributed by atoms with van der Waals surface area (Å²) in [4.78, 5) is 39.9. The molecule has 1 saturated carbocycles. The number of hydrogen-bond donors (Lipinski definition) is 3. The Morgan fingerprint density at radius 3 is 2.48 bits per heavy atom. The van der Waals surface area contributed by atoms with Crippen molar-refractivity contribution in [1.29, 1.82) is 0 Å². The number of anilines is 2. The van der Waals surface area contributed by atoms with Crippen molar-refractivity contribution in [3.05, 3.63) is 64.4 Å². The number of likely N-dealkylation sites (tertiary alicyclic amines) is 1. The van der Waals surface area contributed by atoms with Crippen molar-refractivity contribution < 1.29 is 23.9 Å². The molecule has 2 amide bonds. The van der Waals surface area contributed by atoms with Gasteiger partial charge in [-0.3, -0.25) is 20.4 Å². The number of aromatic carboxylic acids is 1. The Morgan fingerprint density at radius 1 is 1.10 bits per heavy atom. The average Bonchev–Trinajstić information content (AvgIpc) is 3.37. The van der Waals surface area contributed by atoms with Crippen molar-refractivity contribution in [2.45, 2.75) is 44.6 Å². The summed E-state index contributed by atoms with van der Waals surface area (Å²) in [6.45, 7) is 0.419. The van der Waals surface area contributed by atoms with E-state index >= 15 is 0 Å². The van der Waals surface area contributed by atoms with E-state index in [0.29, 0.717) is 29.5 Å². The lowest BCUT2D eigenvalue weighted by Crippen LogP contribution is -2.47. The molecule has 2 fully saturated rings. The number of rotatable bonds is 8. The lowest BCUT2D eigenvalue weighted by molar-refractivity contribution is -0.134. The third-order valence-corrected chi connectivity index (χ3v) is 8.17. The maximum atomic E-state index is 14.3. The molecule has 9 nitrogen and oxygen atoms in total. The Bertz CT molecular complexity index is 1300. The second-order valence-corrected chi connectivity index (χ2v) is 10.9. The van der Waals surface area contributed by atoms with E-state index in [-0.39, 0.29) is 17.5 Å². The van der Waals surface area contributed by atoms with Gasteiger partial charge in [0, 0.05) is 43.0 Å². The minimum absolute atomic E-state index is 0.0282. The Labute approximate surface area is 238 Å². The zero-order chi connectivity index (χ0) is 29.0. The normalized spacial score (nSPS) is 19.8. The van der Waals surface area contributed by atoms with E-state index in [2.05, 4.69) is 5.32 Å². The van der Waals surface area contributed by atoms with Gasteiger partial charge in [0.05, 0.1) is 11.3 Å². The van der Waals surface area contributed by atoms with Crippen LogP contribution in [0.2, 0.25) is 5.02 Å². The van der Waals surface area contributed by atoms with Gasteiger partial charge in [-0.2, -0.15) is 5.12 Å². The molecule has 1 saturated heterocycles. The molecule has 0 bridgehead atoms. The summed E-state index contributed by atoms with van der Waals surface area (Å²) in [6, 6.07) is 7.99. The van der Waals surface area contributed by atoms with Crippen molar-refractivity contribution in [3.8, 4) is 0 Å². The van der Waals surface area contributed by atoms with Crippen LogP contribution in [0.15, 0.2) is 42.5 Å². The van der Waals surface area contributed by atoms with Gasteiger partial charge in [0.2, 0.25) is 11.8 Å². The lowest BCUT2D eigenvalue weighted by atomic mass is 9.76. The largest absolute Gasteiger partial charge is 0.478 e. The van der Waals surface area contributed by atoms with Crippen molar-refractivity contribution in [2.24, 2.45) is 17.7 Å². The van der Waals surface area contributed by atoms with Gasteiger partial charge in [0.25, 0.3) is 0 Å². The SMILES string of the molecule is CN(N)N(C)c1ccc(Cl)cc1/C=C/C(=O)N1CCC(C2CCCCC2)[C@H]1C(=O)Nc1ccc(C(=O)O)c(F)c1. The molecule has 214 valence electrons. The zero-order valence-corrected chi connectivity index (χ0v) is 23.4. The minimum atomic E-state index is -1.39. The van der Waals surface area contributed by atoms with E-state index in [1.165, 1.54) is 17.3 Å². The quantitative estimate of drug-likeness (QED) is 0.237. The van der Waals surface area contributed by atoms with Gasteiger partial charge in [-0.15, -0.1) is 0 Å². The molecule has 2 atom stereocenters. The first-order chi connectivity index (χ1) is 19.1. The first-order valence-electron chi connectivity index (χ1n) is 13.4. The number of nitrogens with two attached hydrogens (primary N) is 1. The van der Waals surface area contributed by atoms with Crippen LogP contribution < -0.4 is 16.2 Å². The fourth-order valence-corrected chi connectivity index (χ4v) is 6.00. The van der Waals surface area contributed by atoms with E-state index < -0.39 is 29.3 Å². The molecule has 1 aliphatic carbocycles. The number of hydrazine groups is 2. The number of carbonyl (C=O) groups excluding carboxylic acids is 2. The van der Waals surface area contributed by atoms with Gasteiger partial charge in [-0.05, 0) is 60.7 Å². The Kier molecular flexibility index (Phi) is 9.44. The number of carboxylic acid groups (broad SMARTS) is 1. The van der Waals surface area contributed by atoms with Gasteiger partial charge < -0.3 is 15.3 Å². The third-order valence-electron chi connectivity index (χ3n) is 7.94. The van der Waals surface area contributed by atoms with E-state index in [9.17, 15) is 18.8 Å². The van der Waals surface area contributed by atoms with Crippen LogP contribution in [0.1, 0.15) is 54.4 Å². The number of carbonyl (C=O) groups is 3. The van der Waals surface area contributed by atoms with E-state index in [1.54, 1.807) is 48.3 Å². The Balaban J connectivity index is 1.59. The molecule has 11 heteroatoms. The van der Waals surface area contributed by atoms with E-state index in [0.717, 1.165) is 49.9 Å². The molecular weight excluding hydrogens is 537 g/mol. The van der Waals surface area contributed by atoms with Crippen molar-refractivity contribution >= 4 is 46.8 Å². The number of nitrogens with zero attached hydrogens (tertiary/aromatic N) is 3. The zero-order valence-electron chi connectivity index (χ0n) is 22.6. The van der Waals surface area contributed by atoms with Crippen LogP contribution in [0.3, 0.4) is 0 Å². The molecule has 0 spiro atoms. The van der Waals surface area contributed by atoms with Crippen molar-refractivity contribution in [1.82, 2.24) is 10.0 Å². The average molecular weight is 572 g/mol. The Hall–Kier alpha value is -3.47. The molecule has 4 rings (SSSR count). The van der Waals surface area contributed by atoms with E-state index in [4.69, 9.17) is 22.6 Å². The van der Waals surface area contributed by atoms with Crippen LogP contribution >= 0.6 is 11.6 Å². The predicted octanol–water partition coefficient (Wildman–Crippen LogP) is 4.78. The van der Waals surface area contributed by atoms with Crippen molar-refractivity contribution in [2.75, 3.05) is 31.0 Å². The van der Waals surface area contributed by atoms with Crippen LogP contribution in [0.25, 0.3) is 6.08 Å². The van der Waals surface area contributed by atoms with Gasteiger partial charge in [0.1, 0.15) is 11.9 Å². The summed E-state index contributed by atoms with van der Waals surface area (Å²) >= 11 is 6.22. The van der Waals surface area contributed by atoms with Gasteiger partial charge >= 0.3 is 5.97 Å². The smallest absolute Gasteiger partial charge is 0.338 e. The minimum Gasteiger partial charge on any atom is -0.478 e. The molecule has 0 radical (unpaired) electrons. The highest BCUT2D eigenvalue weighted by atomic mass is 35.5. The number of hydrogen-bond acceptors (Lipinski definition) is 6. The number of benzene rings is 2. The number of halogens is 2.